The molecular weight excluding hydrogens is 292 g/mol. The average molecular weight is 305 g/mol. The van der Waals surface area contributed by atoms with E-state index in [1.54, 1.807) is 4.90 Å². The van der Waals surface area contributed by atoms with Crippen LogP contribution in [0.5, 0.6) is 0 Å². The smallest absolute Gasteiger partial charge is 0.235 e. The minimum absolute atomic E-state index is 0.210. The first-order chi connectivity index (χ1) is 10.1. The molecule has 6 nitrogen and oxygen atoms in total. The monoisotopic (exact) mass is 304 g/mol. The number of fused-ring (bicyclic) bond motifs is 1. The topological polar surface area (TPSA) is 89.2 Å². The normalized spacial score (nSPS) is 18.4. The van der Waals surface area contributed by atoms with Crippen molar-refractivity contribution in [2.75, 3.05) is 6.54 Å². The van der Waals surface area contributed by atoms with Crippen LogP contribution < -0.4 is 5.73 Å². The molecule has 2 amide bonds. The van der Waals surface area contributed by atoms with Gasteiger partial charge in [-0.15, -0.1) is 0 Å². The van der Waals surface area contributed by atoms with Gasteiger partial charge in [-0.3, -0.25) is 9.59 Å². The van der Waals surface area contributed by atoms with Gasteiger partial charge in [0, 0.05) is 18.5 Å². The molecule has 1 saturated heterocycles. The van der Waals surface area contributed by atoms with Gasteiger partial charge in [0.25, 0.3) is 0 Å². The van der Waals surface area contributed by atoms with E-state index >= 15 is 0 Å². The number of carbonyl (C=O) groups excluding carboxylic acids is 2. The van der Waals surface area contributed by atoms with E-state index < -0.39 is 11.8 Å². The highest BCUT2D eigenvalue weighted by Crippen LogP contribution is 2.24. The van der Waals surface area contributed by atoms with Crippen molar-refractivity contribution in [2.45, 2.75) is 13.0 Å². The largest absolute Gasteiger partial charge is 0.369 e. The molecule has 1 aromatic heterocycles. The Balaban J connectivity index is 1.84. The second-order valence-electron chi connectivity index (χ2n) is 5.02. The molecule has 21 heavy (non-hydrogen) atoms. The van der Waals surface area contributed by atoms with Crippen LogP contribution in [0.25, 0.3) is 10.9 Å². The van der Waals surface area contributed by atoms with Crippen molar-refractivity contribution in [1.29, 1.82) is 0 Å². The number of primary amides is 1. The van der Waals surface area contributed by atoms with Crippen LogP contribution in [0.4, 0.5) is 0 Å². The number of hydrogen-bond acceptors (Lipinski definition) is 4. The van der Waals surface area contributed by atoms with E-state index in [1.807, 2.05) is 18.2 Å². The Morgan fingerprint density at radius 1 is 1.43 bits per heavy atom. The quantitative estimate of drug-likeness (QED) is 0.679. The molecule has 3 rings (SSSR count). The van der Waals surface area contributed by atoms with Gasteiger partial charge in [-0.05, 0) is 24.1 Å². The van der Waals surface area contributed by atoms with Crippen molar-refractivity contribution in [2.24, 2.45) is 11.7 Å². The van der Waals surface area contributed by atoms with Crippen molar-refractivity contribution in [1.82, 2.24) is 14.9 Å². The van der Waals surface area contributed by atoms with Gasteiger partial charge in [0.05, 0.1) is 5.52 Å². The van der Waals surface area contributed by atoms with E-state index in [0.717, 1.165) is 16.5 Å². The third-order valence-corrected chi connectivity index (χ3v) is 3.97. The number of halogens is 1. The van der Waals surface area contributed by atoms with E-state index in [0.29, 0.717) is 24.7 Å². The highest BCUT2D eigenvalue weighted by molar-refractivity contribution is 6.34. The van der Waals surface area contributed by atoms with Gasteiger partial charge in [0.15, 0.2) is 0 Å². The summed E-state index contributed by atoms with van der Waals surface area (Å²) in [4.78, 5) is 32.9. The first-order valence-electron chi connectivity index (χ1n) is 6.53. The number of benzene rings is 1. The molecule has 0 spiro atoms. The summed E-state index contributed by atoms with van der Waals surface area (Å²) in [5.74, 6) is -1.46. The van der Waals surface area contributed by atoms with Gasteiger partial charge < -0.3 is 10.6 Å². The van der Waals surface area contributed by atoms with Crippen LogP contribution in [-0.4, -0.2) is 33.2 Å². The molecule has 1 fully saturated rings. The highest BCUT2D eigenvalue weighted by Gasteiger charge is 2.35. The van der Waals surface area contributed by atoms with Crippen LogP contribution in [0.3, 0.4) is 0 Å². The summed E-state index contributed by atoms with van der Waals surface area (Å²) in [6.07, 6.45) is 1.89. The lowest BCUT2D eigenvalue weighted by atomic mass is 10.1. The number of aromatic nitrogens is 2. The molecule has 2 N–H and O–H groups in total. The van der Waals surface area contributed by atoms with Crippen LogP contribution in [0.2, 0.25) is 5.15 Å². The lowest BCUT2D eigenvalue weighted by molar-refractivity contribution is -0.136. The maximum atomic E-state index is 12.1. The van der Waals surface area contributed by atoms with Crippen LogP contribution in [0.1, 0.15) is 12.0 Å². The number of hydrogen-bond donors (Lipinski definition) is 1. The fourth-order valence-electron chi connectivity index (χ4n) is 2.55. The molecule has 2 aromatic rings. The molecule has 0 unspecified atom stereocenters. The fourth-order valence-corrected chi connectivity index (χ4v) is 2.75. The molecule has 0 aliphatic carbocycles. The summed E-state index contributed by atoms with van der Waals surface area (Å²) in [7, 11) is 0. The molecule has 1 atom stereocenters. The van der Waals surface area contributed by atoms with E-state index in [1.165, 1.54) is 6.33 Å². The van der Waals surface area contributed by atoms with Gasteiger partial charge in [-0.1, -0.05) is 17.7 Å². The summed E-state index contributed by atoms with van der Waals surface area (Å²) in [5, 5.41) is 1.12. The predicted octanol–water partition coefficient (Wildman–Crippen LogP) is 1.12. The van der Waals surface area contributed by atoms with Crippen LogP contribution in [0.15, 0.2) is 24.5 Å². The molecule has 7 heteroatoms. The molecular formula is C14H13ClN4O2. The summed E-state index contributed by atoms with van der Waals surface area (Å²) in [5.41, 5.74) is 6.88. The van der Waals surface area contributed by atoms with Crippen molar-refractivity contribution in [3.05, 3.63) is 35.2 Å². The summed E-state index contributed by atoms with van der Waals surface area (Å²) in [6.45, 7) is 0.952. The Labute approximate surface area is 125 Å². The van der Waals surface area contributed by atoms with E-state index in [-0.39, 0.29) is 5.91 Å². The second kappa shape index (κ2) is 5.29. The standard InChI is InChI=1S/C14H13ClN4O2/c15-12-10-5-8(1-2-11(10)17-7-18-12)6-19-4-3-9(13(16)20)14(19)21/h1-2,5,7,9H,3-4,6H2,(H2,16,20)/t9-/m0/s1. The maximum absolute atomic E-state index is 12.1. The molecule has 0 bridgehead atoms. The van der Waals surface area contributed by atoms with Crippen molar-refractivity contribution in [3.63, 3.8) is 0 Å². The van der Waals surface area contributed by atoms with Crippen molar-refractivity contribution >= 4 is 34.3 Å². The molecule has 0 saturated carbocycles. The maximum Gasteiger partial charge on any atom is 0.235 e. The predicted molar refractivity (Wildman–Crippen MR) is 77.3 cm³/mol. The van der Waals surface area contributed by atoms with Crippen LogP contribution in [-0.2, 0) is 16.1 Å². The zero-order chi connectivity index (χ0) is 15.0. The van der Waals surface area contributed by atoms with Crippen LogP contribution >= 0.6 is 11.6 Å². The SMILES string of the molecule is NC(=O)[C@@H]1CCN(Cc2ccc3ncnc(Cl)c3c2)C1=O. The molecule has 1 aliphatic rings. The summed E-state index contributed by atoms with van der Waals surface area (Å²) >= 11 is 6.05. The van der Waals surface area contributed by atoms with Gasteiger partial charge in [0.1, 0.15) is 17.4 Å². The second-order valence-corrected chi connectivity index (χ2v) is 5.38. The van der Waals surface area contributed by atoms with E-state index in [4.69, 9.17) is 17.3 Å². The van der Waals surface area contributed by atoms with Gasteiger partial charge in [-0.2, -0.15) is 0 Å². The fraction of sp³-hybridized carbons (Fsp3) is 0.286. The first-order valence-corrected chi connectivity index (χ1v) is 6.91. The first kappa shape index (κ1) is 13.8. The number of nitrogens with zero attached hydrogens (tertiary/aromatic N) is 3. The average Bonchev–Trinajstić information content (AvgIpc) is 2.81. The third kappa shape index (κ3) is 2.54. The Bertz CT molecular complexity index is 734. The van der Waals surface area contributed by atoms with Gasteiger partial charge in [0.2, 0.25) is 11.8 Å². The van der Waals surface area contributed by atoms with Crippen LogP contribution in [0, 0.1) is 5.92 Å². The lowest BCUT2D eigenvalue weighted by Gasteiger charge is -2.16. The van der Waals surface area contributed by atoms with Crippen molar-refractivity contribution in [3.8, 4) is 0 Å². The Morgan fingerprint density at radius 2 is 2.24 bits per heavy atom. The minimum atomic E-state index is -0.697. The Hall–Kier alpha value is -2.21. The molecule has 0 radical (unpaired) electrons. The molecule has 1 aromatic carbocycles. The Kier molecular flexibility index (Phi) is 3.47. The number of nitrogens with two attached hydrogens (primary N) is 1. The number of likely N-dealkylation sites (tertiary alicyclic amines) is 1. The highest BCUT2D eigenvalue weighted by atomic mass is 35.5. The molecule has 1 aliphatic heterocycles. The third-order valence-electron chi connectivity index (χ3n) is 3.67. The minimum Gasteiger partial charge on any atom is -0.369 e. The summed E-state index contributed by atoms with van der Waals surface area (Å²) < 4.78 is 0. The number of carbonyl (C=O) groups is 2. The van der Waals surface area contributed by atoms with E-state index in [2.05, 4.69) is 9.97 Å². The lowest BCUT2D eigenvalue weighted by Crippen LogP contribution is -2.33. The molecule has 108 valence electrons. The Morgan fingerprint density at radius 3 is 2.95 bits per heavy atom. The number of rotatable bonds is 3. The molecule has 2 heterocycles. The van der Waals surface area contributed by atoms with Crippen molar-refractivity contribution < 1.29 is 9.59 Å². The number of amides is 2. The summed E-state index contributed by atoms with van der Waals surface area (Å²) in [6, 6.07) is 5.59. The van der Waals surface area contributed by atoms with E-state index in [9.17, 15) is 9.59 Å². The van der Waals surface area contributed by atoms with Gasteiger partial charge in [-0.25, -0.2) is 9.97 Å². The zero-order valence-electron chi connectivity index (χ0n) is 11.1. The van der Waals surface area contributed by atoms with Gasteiger partial charge >= 0.3 is 0 Å². The zero-order valence-corrected chi connectivity index (χ0v) is 11.9.